The van der Waals surface area contributed by atoms with Crippen LogP contribution in [0.2, 0.25) is 0 Å². The highest BCUT2D eigenvalue weighted by Crippen LogP contribution is 1.60. The van der Waals surface area contributed by atoms with Crippen LogP contribution in [0.5, 0.6) is 0 Å². The van der Waals surface area contributed by atoms with Gasteiger partial charge in [0.2, 0.25) is 0 Å². The molecule has 0 amide bonds. The molecule has 0 unspecified atom stereocenters. The van der Waals surface area contributed by atoms with Crippen molar-refractivity contribution in [1.82, 2.24) is 9.97 Å². The third-order valence-corrected chi connectivity index (χ3v) is 0.362. The summed E-state index contributed by atoms with van der Waals surface area (Å²) in [6, 6.07) is 0. The van der Waals surface area contributed by atoms with Crippen molar-refractivity contribution >= 4 is 0 Å². The zero-order valence-corrected chi connectivity index (χ0v) is 2.60. The topological polar surface area (TPSA) is 28.7 Å². The third-order valence-electron chi connectivity index (χ3n) is 0.362. The average Bonchev–Trinajstić information content (AvgIpc) is 1.76. The van der Waals surface area contributed by atoms with Gasteiger partial charge in [-0.3, -0.25) is 0 Å². The van der Waals surface area contributed by atoms with E-state index in [2.05, 4.69) is 16.2 Å². The molecular formula is C3H3N2. The molecule has 25 valence electrons. The molecule has 0 fully saturated rings. The van der Waals surface area contributed by atoms with Crippen molar-refractivity contribution < 1.29 is 0 Å². The molecule has 0 spiro atoms. The number of hydrogen-bond acceptors (Lipinski definition) is 1. The summed E-state index contributed by atoms with van der Waals surface area (Å²) in [7, 11) is 0. The van der Waals surface area contributed by atoms with Crippen molar-refractivity contribution in [2.24, 2.45) is 0 Å². The van der Waals surface area contributed by atoms with Gasteiger partial charge in [0.15, 0.2) is 0 Å². The monoisotopic (exact) mass is 67.0 g/mol. The number of nitrogens with one attached hydrogen (secondary N) is 1. The molecule has 0 aliphatic rings. The van der Waals surface area contributed by atoms with Crippen LogP contribution in [0.4, 0.5) is 0 Å². The minimum Gasteiger partial charge on any atom is -0.351 e. The van der Waals surface area contributed by atoms with E-state index in [-0.39, 0.29) is 0 Å². The third kappa shape index (κ3) is 0.265. The Morgan fingerprint density at radius 1 is 1.80 bits per heavy atom. The second kappa shape index (κ2) is 0.885. The van der Waals surface area contributed by atoms with Crippen LogP contribution in [-0.2, 0) is 0 Å². The lowest BCUT2D eigenvalue weighted by Crippen LogP contribution is -1.44. The maximum Gasteiger partial charge on any atom is 0.108 e. The van der Waals surface area contributed by atoms with E-state index in [4.69, 9.17) is 0 Å². The molecule has 1 N–H and O–H groups in total. The fourth-order valence-corrected chi connectivity index (χ4v) is 0.186. The summed E-state index contributed by atoms with van der Waals surface area (Å²) in [5.74, 6) is 0. The zero-order chi connectivity index (χ0) is 3.54. The Hall–Kier alpha value is -0.790. The molecule has 1 heterocycles. The standard InChI is InChI=1S/C3H3N2/c1-2-5-3-4-1/h1,3H,(H,4,5). The fraction of sp³-hybridized carbons (Fsp3) is 0. The fourth-order valence-electron chi connectivity index (χ4n) is 0.186. The van der Waals surface area contributed by atoms with Crippen LogP contribution in [0.1, 0.15) is 0 Å². The summed E-state index contributed by atoms with van der Waals surface area (Å²) in [6.07, 6.45) is 5.76. The van der Waals surface area contributed by atoms with Gasteiger partial charge in [-0.15, -0.1) is 0 Å². The molecule has 0 atom stereocenters. The highest BCUT2D eigenvalue weighted by molar-refractivity contribution is 4.61. The van der Waals surface area contributed by atoms with E-state index in [9.17, 15) is 0 Å². The number of aromatic amines is 1. The minimum absolute atomic E-state index is 1.57. The van der Waals surface area contributed by atoms with Crippen LogP contribution in [0.15, 0.2) is 12.5 Å². The predicted octanol–water partition coefficient (Wildman–Crippen LogP) is 0.210. The highest BCUT2D eigenvalue weighted by Gasteiger charge is 1.58. The van der Waals surface area contributed by atoms with E-state index >= 15 is 0 Å². The van der Waals surface area contributed by atoms with Gasteiger partial charge < -0.3 is 4.98 Å². The van der Waals surface area contributed by atoms with Crippen molar-refractivity contribution in [3.8, 4) is 0 Å². The molecule has 2 heteroatoms. The summed E-state index contributed by atoms with van der Waals surface area (Å²) in [5, 5.41) is 0. The van der Waals surface area contributed by atoms with Gasteiger partial charge in [-0.05, 0) is 0 Å². The van der Waals surface area contributed by atoms with Crippen LogP contribution in [0.25, 0.3) is 0 Å². The summed E-state index contributed by atoms with van der Waals surface area (Å²) >= 11 is 0. The quantitative estimate of drug-likeness (QED) is 0.461. The van der Waals surface area contributed by atoms with Crippen LogP contribution in [0, 0.1) is 6.20 Å². The van der Waals surface area contributed by atoms with Crippen LogP contribution >= 0.6 is 0 Å². The van der Waals surface area contributed by atoms with Crippen molar-refractivity contribution in [2.45, 2.75) is 0 Å². The SMILES string of the molecule is [c]1c[nH]cn1. The smallest absolute Gasteiger partial charge is 0.108 e. The first kappa shape index (κ1) is 2.45. The molecule has 0 saturated heterocycles. The number of hydrogen-bond donors (Lipinski definition) is 1. The van der Waals surface area contributed by atoms with Crippen molar-refractivity contribution in [1.29, 1.82) is 0 Å². The molecule has 2 nitrogen and oxygen atoms in total. The first-order valence-corrected chi connectivity index (χ1v) is 1.35. The summed E-state index contributed by atoms with van der Waals surface area (Å²) < 4.78 is 0. The first-order chi connectivity index (χ1) is 2.50. The van der Waals surface area contributed by atoms with E-state index in [1.165, 1.54) is 0 Å². The number of aromatic nitrogens is 2. The highest BCUT2D eigenvalue weighted by atomic mass is 14.8. The van der Waals surface area contributed by atoms with Gasteiger partial charge in [-0.1, -0.05) is 0 Å². The number of nitrogens with zero attached hydrogens (tertiary/aromatic N) is 1. The second-order valence-corrected chi connectivity index (χ2v) is 0.698. The lowest BCUT2D eigenvalue weighted by atomic mass is 11.0. The van der Waals surface area contributed by atoms with Gasteiger partial charge in [0.1, 0.15) is 6.20 Å². The van der Waals surface area contributed by atoms with Gasteiger partial charge in [0.05, 0.1) is 6.33 Å². The molecule has 0 aromatic carbocycles. The molecule has 1 radical (unpaired) electrons. The number of rotatable bonds is 0. The largest absolute Gasteiger partial charge is 0.351 e. The van der Waals surface area contributed by atoms with Gasteiger partial charge in [0.25, 0.3) is 0 Å². The normalized spacial score (nSPS) is 8.00. The lowest BCUT2D eigenvalue weighted by molar-refractivity contribution is 1.31. The van der Waals surface area contributed by atoms with E-state index in [0.717, 1.165) is 0 Å². The maximum atomic E-state index is 3.54. The number of H-pyrrole nitrogens is 1. The molecule has 0 saturated carbocycles. The van der Waals surface area contributed by atoms with E-state index in [0.29, 0.717) is 0 Å². The molecule has 1 aromatic heterocycles. The molecule has 0 aliphatic carbocycles. The summed E-state index contributed by atoms with van der Waals surface area (Å²) in [5.41, 5.74) is 0. The molecule has 0 bridgehead atoms. The Morgan fingerprint density at radius 2 is 2.80 bits per heavy atom. The van der Waals surface area contributed by atoms with Gasteiger partial charge >= 0.3 is 0 Å². The van der Waals surface area contributed by atoms with E-state index < -0.39 is 0 Å². The van der Waals surface area contributed by atoms with Crippen molar-refractivity contribution in [3.63, 3.8) is 0 Å². The molecule has 1 rings (SSSR count). The van der Waals surface area contributed by atoms with Crippen LogP contribution in [-0.4, -0.2) is 9.97 Å². The Bertz CT molecular complexity index is 61.4. The Balaban J connectivity index is 3.13. The average molecular weight is 67.1 g/mol. The first-order valence-electron chi connectivity index (χ1n) is 1.35. The maximum absolute atomic E-state index is 3.54. The Kier molecular flexibility index (Phi) is 0.433. The zero-order valence-electron chi connectivity index (χ0n) is 2.60. The van der Waals surface area contributed by atoms with Crippen LogP contribution in [0.3, 0.4) is 0 Å². The number of imidazole rings is 1. The molecule has 0 aliphatic heterocycles. The Labute approximate surface area is 29.9 Å². The van der Waals surface area contributed by atoms with Gasteiger partial charge in [0, 0.05) is 6.20 Å². The van der Waals surface area contributed by atoms with E-state index in [1.54, 1.807) is 12.5 Å². The van der Waals surface area contributed by atoms with E-state index in [1.807, 2.05) is 0 Å². The second-order valence-electron chi connectivity index (χ2n) is 0.698. The van der Waals surface area contributed by atoms with Gasteiger partial charge in [-0.25, -0.2) is 4.98 Å². The predicted molar refractivity (Wildman–Crippen MR) is 17.4 cm³/mol. The molecule has 1 aromatic rings. The molecular weight excluding hydrogens is 64.0 g/mol. The van der Waals surface area contributed by atoms with Crippen molar-refractivity contribution in [2.75, 3.05) is 0 Å². The lowest BCUT2D eigenvalue weighted by Gasteiger charge is -1.46. The summed E-state index contributed by atoms with van der Waals surface area (Å²) in [6.45, 7) is 0. The minimum atomic E-state index is 1.57. The van der Waals surface area contributed by atoms with Crippen LogP contribution < -0.4 is 0 Å². The molecule has 5 heavy (non-hydrogen) atoms. The van der Waals surface area contributed by atoms with Crippen molar-refractivity contribution in [3.05, 3.63) is 18.7 Å². The summed E-state index contributed by atoms with van der Waals surface area (Å²) in [4.78, 5) is 6.24. The van der Waals surface area contributed by atoms with Gasteiger partial charge in [-0.2, -0.15) is 0 Å². The Morgan fingerprint density at radius 3 is 3.00 bits per heavy atom.